The molecule has 0 radical (unpaired) electrons. The van der Waals surface area contributed by atoms with Gasteiger partial charge in [0, 0.05) is 11.8 Å². The van der Waals surface area contributed by atoms with Crippen molar-refractivity contribution in [1.29, 1.82) is 5.26 Å². The molecule has 2 aromatic rings. The number of hydrogen-bond acceptors (Lipinski definition) is 5. The quantitative estimate of drug-likeness (QED) is 0.637. The maximum atomic E-state index is 13.8. The van der Waals surface area contributed by atoms with Gasteiger partial charge in [0.1, 0.15) is 11.6 Å². The summed E-state index contributed by atoms with van der Waals surface area (Å²) >= 11 is 0. The predicted molar refractivity (Wildman–Crippen MR) is 71.6 cm³/mol. The zero-order valence-electron chi connectivity index (χ0n) is 11.3. The van der Waals surface area contributed by atoms with Crippen LogP contribution in [0.4, 0.5) is 10.1 Å². The van der Waals surface area contributed by atoms with E-state index < -0.39 is 10.7 Å². The number of halogens is 1. The van der Waals surface area contributed by atoms with Gasteiger partial charge in [-0.3, -0.25) is 10.1 Å². The standard InChI is InChI=1S/C14H10FN3O3/c1-8-5-9(2)17-14(11(8)7-16)21-13-4-3-10(18(19)20)6-12(13)15/h3-6H,1-2H3. The van der Waals surface area contributed by atoms with Gasteiger partial charge in [-0.2, -0.15) is 5.26 Å². The largest absolute Gasteiger partial charge is 0.435 e. The summed E-state index contributed by atoms with van der Waals surface area (Å²) in [6, 6.07) is 6.65. The molecule has 0 fully saturated rings. The summed E-state index contributed by atoms with van der Waals surface area (Å²) < 4.78 is 19.1. The lowest BCUT2D eigenvalue weighted by atomic mass is 10.1. The Morgan fingerprint density at radius 1 is 1.38 bits per heavy atom. The molecule has 0 N–H and O–H groups in total. The van der Waals surface area contributed by atoms with E-state index >= 15 is 0 Å². The molecule has 0 saturated heterocycles. The van der Waals surface area contributed by atoms with E-state index in [1.165, 1.54) is 0 Å². The van der Waals surface area contributed by atoms with Crippen LogP contribution in [0.1, 0.15) is 16.8 Å². The van der Waals surface area contributed by atoms with Crippen LogP contribution in [-0.4, -0.2) is 9.91 Å². The number of rotatable bonds is 3. The van der Waals surface area contributed by atoms with Crippen LogP contribution in [0.15, 0.2) is 24.3 Å². The van der Waals surface area contributed by atoms with Crippen LogP contribution in [0, 0.1) is 41.1 Å². The number of nitrogens with zero attached hydrogens (tertiary/aromatic N) is 3. The van der Waals surface area contributed by atoms with E-state index in [4.69, 9.17) is 10.00 Å². The second-order valence-corrected chi connectivity index (χ2v) is 4.35. The van der Waals surface area contributed by atoms with E-state index in [9.17, 15) is 14.5 Å². The molecule has 2 rings (SSSR count). The molecular weight excluding hydrogens is 277 g/mol. The van der Waals surface area contributed by atoms with Crippen molar-refractivity contribution in [3.05, 3.63) is 57.0 Å². The van der Waals surface area contributed by atoms with Crippen molar-refractivity contribution in [1.82, 2.24) is 4.98 Å². The highest BCUT2D eigenvalue weighted by Crippen LogP contribution is 2.29. The number of nitro benzene ring substituents is 1. The van der Waals surface area contributed by atoms with Crippen molar-refractivity contribution in [3.63, 3.8) is 0 Å². The molecule has 7 heteroatoms. The van der Waals surface area contributed by atoms with Gasteiger partial charge < -0.3 is 4.74 Å². The topological polar surface area (TPSA) is 89.0 Å². The Morgan fingerprint density at radius 3 is 2.67 bits per heavy atom. The molecule has 0 unspecified atom stereocenters. The molecule has 0 aliphatic carbocycles. The smallest absolute Gasteiger partial charge is 0.272 e. The van der Waals surface area contributed by atoms with Crippen molar-refractivity contribution < 1.29 is 14.1 Å². The number of aryl methyl sites for hydroxylation is 2. The zero-order chi connectivity index (χ0) is 15.6. The molecule has 1 aromatic heterocycles. The molecule has 0 aliphatic rings. The second-order valence-electron chi connectivity index (χ2n) is 4.35. The maximum absolute atomic E-state index is 13.8. The molecule has 0 amide bonds. The van der Waals surface area contributed by atoms with E-state index in [0.717, 1.165) is 18.2 Å². The fourth-order valence-corrected chi connectivity index (χ4v) is 1.80. The van der Waals surface area contributed by atoms with Gasteiger partial charge in [-0.15, -0.1) is 0 Å². The van der Waals surface area contributed by atoms with Crippen LogP contribution in [0.5, 0.6) is 11.6 Å². The van der Waals surface area contributed by atoms with Crippen molar-refractivity contribution in [2.45, 2.75) is 13.8 Å². The minimum Gasteiger partial charge on any atom is -0.435 e. The van der Waals surface area contributed by atoms with Crippen LogP contribution in [-0.2, 0) is 0 Å². The average molecular weight is 287 g/mol. The number of aromatic nitrogens is 1. The van der Waals surface area contributed by atoms with Crippen LogP contribution in [0.3, 0.4) is 0 Å². The van der Waals surface area contributed by atoms with Crippen molar-refractivity contribution in [2.75, 3.05) is 0 Å². The molecule has 0 saturated carbocycles. The molecular formula is C14H10FN3O3. The Kier molecular flexibility index (Phi) is 3.80. The van der Waals surface area contributed by atoms with Crippen LogP contribution >= 0.6 is 0 Å². The highest BCUT2D eigenvalue weighted by atomic mass is 19.1. The van der Waals surface area contributed by atoms with E-state index in [-0.39, 0.29) is 22.9 Å². The maximum Gasteiger partial charge on any atom is 0.272 e. The summed E-state index contributed by atoms with van der Waals surface area (Å²) in [4.78, 5) is 13.9. The van der Waals surface area contributed by atoms with Crippen LogP contribution < -0.4 is 4.74 Å². The monoisotopic (exact) mass is 287 g/mol. The normalized spacial score (nSPS) is 10.0. The van der Waals surface area contributed by atoms with Gasteiger partial charge in [-0.05, 0) is 31.5 Å². The van der Waals surface area contributed by atoms with Gasteiger partial charge in [0.05, 0.1) is 11.0 Å². The summed E-state index contributed by atoms with van der Waals surface area (Å²) in [5.41, 5.74) is 1.08. The minimum atomic E-state index is -0.894. The molecule has 106 valence electrons. The van der Waals surface area contributed by atoms with E-state index in [2.05, 4.69) is 4.98 Å². The summed E-state index contributed by atoms with van der Waals surface area (Å²) in [6.07, 6.45) is 0. The fourth-order valence-electron chi connectivity index (χ4n) is 1.80. The summed E-state index contributed by atoms with van der Waals surface area (Å²) in [6.45, 7) is 3.43. The first-order valence-electron chi connectivity index (χ1n) is 5.92. The molecule has 21 heavy (non-hydrogen) atoms. The van der Waals surface area contributed by atoms with Gasteiger partial charge in [0.15, 0.2) is 11.6 Å². The zero-order valence-corrected chi connectivity index (χ0v) is 11.3. The molecule has 1 aromatic carbocycles. The molecule has 0 atom stereocenters. The van der Waals surface area contributed by atoms with Gasteiger partial charge in [0.25, 0.3) is 5.69 Å². The number of non-ortho nitro benzene ring substituents is 1. The van der Waals surface area contributed by atoms with E-state index in [1.807, 2.05) is 6.07 Å². The molecule has 0 spiro atoms. The number of benzene rings is 1. The van der Waals surface area contributed by atoms with Gasteiger partial charge in [-0.25, -0.2) is 9.37 Å². The molecule has 0 aliphatic heterocycles. The lowest BCUT2D eigenvalue weighted by Gasteiger charge is -2.09. The SMILES string of the molecule is Cc1cc(C)c(C#N)c(Oc2ccc([N+](=O)[O-])cc2F)n1. The Balaban J connectivity index is 2.44. The molecule has 0 bridgehead atoms. The van der Waals surface area contributed by atoms with Crippen molar-refractivity contribution in [2.24, 2.45) is 0 Å². The first kappa shape index (κ1) is 14.4. The first-order valence-corrected chi connectivity index (χ1v) is 5.92. The summed E-state index contributed by atoms with van der Waals surface area (Å²) in [5, 5.41) is 19.7. The number of ether oxygens (including phenoxy) is 1. The third-order valence-corrected chi connectivity index (χ3v) is 2.76. The Bertz CT molecular complexity index is 769. The van der Waals surface area contributed by atoms with Gasteiger partial charge in [0.2, 0.25) is 5.88 Å². The third kappa shape index (κ3) is 2.95. The lowest BCUT2D eigenvalue weighted by Crippen LogP contribution is -1.99. The highest BCUT2D eigenvalue weighted by molar-refractivity contribution is 5.47. The van der Waals surface area contributed by atoms with Gasteiger partial charge >= 0.3 is 0 Å². The Hall–Kier alpha value is -3.01. The highest BCUT2D eigenvalue weighted by Gasteiger charge is 2.16. The van der Waals surface area contributed by atoms with E-state index in [0.29, 0.717) is 11.3 Å². The van der Waals surface area contributed by atoms with Crippen LogP contribution in [0.2, 0.25) is 0 Å². The van der Waals surface area contributed by atoms with Crippen molar-refractivity contribution >= 4 is 5.69 Å². The number of nitro groups is 1. The summed E-state index contributed by atoms with van der Waals surface area (Å²) in [7, 11) is 0. The average Bonchev–Trinajstić information content (AvgIpc) is 2.40. The van der Waals surface area contributed by atoms with Gasteiger partial charge in [-0.1, -0.05) is 0 Å². The molecule has 6 nitrogen and oxygen atoms in total. The van der Waals surface area contributed by atoms with E-state index in [1.54, 1.807) is 19.9 Å². The minimum absolute atomic E-state index is 0.0252. The fraction of sp³-hybridized carbons (Fsp3) is 0.143. The lowest BCUT2D eigenvalue weighted by molar-refractivity contribution is -0.385. The second kappa shape index (κ2) is 5.54. The third-order valence-electron chi connectivity index (χ3n) is 2.76. The van der Waals surface area contributed by atoms with Crippen molar-refractivity contribution in [3.8, 4) is 17.7 Å². The van der Waals surface area contributed by atoms with Crippen LogP contribution in [0.25, 0.3) is 0 Å². The number of hydrogen-bond donors (Lipinski definition) is 0. The molecule has 1 heterocycles. The number of pyridine rings is 1. The predicted octanol–water partition coefficient (Wildman–Crippen LogP) is 3.41. The Morgan fingerprint density at radius 2 is 2.10 bits per heavy atom. The summed E-state index contributed by atoms with van der Waals surface area (Å²) in [5.74, 6) is -1.15. The first-order chi connectivity index (χ1) is 9.92. The number of nitriles is 1. The Labute approximate surface area is 119 Å².